The fourth-order valence-electron chi connectivity index (χ4n) is 3.21. The van der Waals surface area contributed by atoms with Crippen LogP contribution in [0.5, 0.6) is 0 Å². The zero-order chi connectivity index (χ0) is 18.7. The lowest BCUT2D eigenvalue weighted by Gasteiger charge is -2.24. The lowest BCUT2D eigenvalue weighted by atomic mass is 10.2. The van der Waals surface area contributed by atoms with E-state index in [1.54, 1.807) is 20.9 Å². The molecule has 0 aliphatic carbocycles. The maximum atomic E-state index is 13.0. The number of rotatable bonds is 8. The number of nitrogens with zero attached hydrogens (tertiary/aromatic N) is 2. The molecule has 1 saturated heterocycles. The molecule has 1 aliphatic rings. The Morgan fingerprint density at radius 2 is 1.77 bits per heavy atom. The Balaban J connectivity index is 0.00000338. The third kappa shape index (κ3) is 4.58. The standard InChI is InChI=1S/C16H27N3O4S2.ClH/c1-4-18(5-2)24(20,21)15-9-6-10-16(12-15)25(22,23)19-11-7-8-14(19)13-17-3;/h6,9-10,12,14,17H,4-5,7-8,11,13H2,1-3H3;1H. The normalized spacial score (nSPS) is 18.8. The highest BCUT2D eigenvalue weighted by molar-refractivity contribution is 7.90. The van der Waals surface area contributed by atoms with Crippen LogP contribution in [0.15, 0.2) is 34.1 Å². The maximum absolute atomic E-state index is 13.0. The summed E-state index contributed by atoms with van der Waals surface area (Å²) in [6.07, 6.45) is 1.61. The quantitative estimate of drug-likeness (QED) is 0.682. The van der Waals surface area contributed by atoms with Gasteiger partial charge in [0.25, 0.3) is 0 Å². The molecule has 0 bridgehead atoms. The van der Waals surface area contributed by atoms with Crippen LogP contribution >= 0.6 is 12.4 Å². The van der Waals surface area contributed by atoms with Crippen molar-refractivity contribution in [2.75, 3.05) is 33.2 Å². The molecule has 26 heavy (non-hydrogen) atoms. The van der Waals surface area contributed by atoms with Crippen LogP contribution in [0.2, 0.25) is 0 Å². The van der Waals surface area contributed by atoms with Crippen LogP contribution in [0.4, 0.5) is 0 Å². The van der Waals surface area contributed by atoms with Crippen molar-refractivity contribution in [3.8, 4) is 0 Å². The van der Waals surface area contributed by atoms with Crippen LogP contribution in [0.1, 0.15) is 26.7 Å². The van der Waals surface area contributed by atoms with Gasteiger partial charge in [-0.05, 0) is 38.1 Å². The Hall–Kier alpha value is -0.710. The van der Waals surface area contributed by atoms with Gasteiger partial charge in [-0.15, -0.1) is 12.4 Å². The summed E-state index contributed by atoms with van der Waals surface area (Å²) in [5, 5.41) is 3.02. The third-order valence-electron chi connectivity index (χ3n) is 4.52. The number of halogens is 1. The van der Waals surface area contributed by atoms with E-state index in [4.69, 9.17) is 0 Å². The van der Waals surface area contributed by atoms with Crippen molar-refractivity contribution in [3.63, 3.8) is 0 Å². The highest BCUT2D eigenvalue weighted by atomic mass is 35.5. The summed E-state index contributed by atoms with van der Waals surface area (Å²) >= 11 is 0. The molecule has 1 fully saturated rings. The molecule has 1 aromatic rings. The van der Waals surface area contributed by atoms with E-state index in [-0.39, 0.29) is 28.2 Å². The van der Waals surface area contributed by atoms with Crippen LogP contribution in [0, 0.1) is 0 Å². The maximum Gasteiger partial charge on any atom is 0.243 e. The molecule has 0 radical (unpaired) electrons. The van der Waals surface area contributed by atoms with Gasteiger partial charge in [0.15, 0.2) is 0 Å². The Labute approximate surface area is 163 Å². The molecule has 2 rings (SSSR count). The molecule has 0 spiro atoms. The molecule has 150 valence electrons. The van der Waals surface area contributed by atoms with Gasteiger partial charge in [0.1, 0.15) is 0 Å². The smallest absolute Gasteiger partial charge is 0.243 e. The molecule has 1 N–H and O–H groups in total. The second-order valence-corrected chi connectivity index (χ2v) is 9.86. The first-order valence-corrected chi connectivity index (χ1v) is 11.4. The molecule has 1 aliphatic heterocycles. The van der Waals surface area contributed by atoms with E-state index in [0.29, 0.717) is 26.2 Å². The zero-order valence-electron chi connectivity index (χ0n) is 15.4. The minimum absolute atomic E-state index is 0. The minimum atomic E-state index is -3.72. The average Bonchev–Trinajstić information content (AvgIpc) is 3.05. The van der Waals surface area contributed by atoms with Gasteiger partial charge in [0.05, 0.1) is 9.79 Å². The number of hydrogen-bond acceptors (Lipinski definition) is 5. The number of benzene rings is 1. The fraction of sp³-hybridized carbons (Fsp3) is 0.625. The van der Waals surface area contributed by atoms with E-state index in [9.17, 15) is 16.8 Å². The molecule has 1 aromatic carbocycles. The van der Waals surface area contributed by atoms with Gasteiger partial charge in [-0.3, -0.25) is 0 Å². The van der Waals surface area contributed by atoms with E-state index in [2.05, 4.69) is 5.32 Å². The average molecular weight is 426 g/mol. The highest BCUT2D eigenvalue weighted by Gasteiger charge is 2.35. The van der Waals surface area contributed by atoms with Crippen molar-refractivity contribution in [1.29, 1.82) is 0 Å². The zero-order valence-corrected chi connectivity index (χ0v) is 17.8. The van der Waals surface area contributed by atoms with Crippen LogP contribution in [0.3, 0.4) is 0 Å². The summed E-state index contributed by atoms with van der Waals surface area (Å²) in [5.41, 5.74) is 0. The third-order valence-corrected chi connectivity index (χ3v) is 8.51. The molecule has 1 atom stereocenters. The first-order valence-electron chi connectivity index (χ1n) is 8.55. The van der Waals surface area contributed by atoms with Gasteiger partial charge in [0.2, 0.25) is 20.0 Å². The molecule has 0 saturated carbocycles. The molecular weight excluding hydrogens is 398 g/mol. The van der Waals surface area contributed by atoms with Crippen molar-refractivity contribution in [3.05, 3.63) is 24.3 Å². The Kier molecular flexibility index (Phi) is 8.50. The largest absolute Gasteiger partial charge is 0.318 e. The highest BCUT2D eigenvalue weighted by Crippen LogP contribution is 2.27. The second kappa shape index (κ2) is 9.48. The monoisotopic (exact) mass is 425 g/mol. The molecule has 0 amide bonds. The summed E-state index contributed by atoms with van der Waals surface area (Å²) in [6, 6.07) is 5.58. The van der Waals surface area contributed by atoms with E-state index >= 15 is 0 Å². The predicted molar refractivity (Wildman–Crippen MR) is 105 cm³/mol. The summed E-state index contributed by atoms with van der Waals surface area (Å²) in [7, 11) is -5.62. The van der Waals surface area contributed by atoms with Gasteiger partial charge in [-0.2, -0.15) is 8.61 Å². The van der Waals surface area contributed by atoms with E-state index in [0.717, 1.165) is 12.8 Å². The van der Waals surface area contributed by atoms with Crippen molar-refractivity contribution in [2.24, 2.45) is 0 Å². The van der Waals surface area contributed by atoms with Crippen LogP contribution in [-0.2, 0) is 20.0 Å². The lowest BCUT2D eigenvalue weighted by Crippen LogP contribution is -2.40. The summed E-state index contributed by atoms with van der Waals surface area (Å²) in [6.45, 7) is 5.24. The molecule has 7 nitrogen and oxygen atoms in total. The van der Waals surface area contributed by atoms with Crippen LogP contribution < -0.4 is 5.32 Å². The van der Waals surface area contributed by atoms with Crippen molar-refractivity contribution < 1.29 is 16.8 Å². The summed E-state index contributed by atoms with van der Waals surface area (Å²) in [5.74, 6) is 0. The van der Waals surface area contributed by atoms with Crippen LogP contribution in [-0.4, -0.2) is 64.7 Å². The molecule has 10 heteroatoms. The topological polar surface area (TPSA) is 86.8 Å². The summed E-state index contributed by atoms with van der Waals surface area (Å²) in [4.78, 5) is 0.0466. The summed E-state index contributed by atoms with van der Waals surface area (Å²) < 4.78 is 54.1. The van der Waals surface area contributed by atoms with Crippen molar-refractivity contribution in [2.45, 2.75) is 42.5 Å². The van der Waals surface area contributed by atoms with Crippen LogP contribution in [0.25, 0.3) is 0 Å². The number of sulfonamides is 2. The SMILES string of the molecule is CCN(CC)S(=O)(=O)c1cccc(S(=O)(=O)N2CCCC2CNC)c1.Cl. The van der Waals surface area contributed by atoms with Gasteiger partial charge < -0.3 is 5.32 Å². The van der Waals surface area contributed by atoms with Gasteiger partial charge in [-0.1, -0.05) is 19.9 Å². The Morgan fingerprint density at radius 3 is 2.35 bits per heavy atom. The van der Waals surface area contributed by atoms with E-state index in [1.807, 2.05) is 0 Å². The first-order chi connectivity index (χ1) is 11.8. The molecule has 0 aromatic heterocycles. The van der Waals surface area contributed by atoms with E-state index in [1.165, 1.54) is 32.9 Å². The lowest BCUT2D eigenvalue weighted by molar-refractivity contribution is 0.379. The van der Waals surface area contributed by atoms with Crippen molar-refractivity contribution >= 4 is 32.5 Å². The minimum Gasteiger partial charge on any atom is -0.318 e. The van der Waals surface area contributed by atoms with Gasteiger partial charge in [0, 0.05) is 32.2 Å². The number of nitrogens with one attached hydrogen (secondary N) is 1. The number of hydrogen-bond donors (Lipinski definition) is 1. The van der Waals surface area contributed by atoms with Gasteiger partial charge >= 0.3 is 0 Å². The number of likely N-dealkylation sites (N-methyl/N-ethyl adjacent to an activating group) is 1. The predicted octanol–water partition coefficient (Wildman–Crippen LogP) is 1.51. The molecular formula is C16H28ClN3O4S2. The second-order valence-electron chi connectivity index (χ2n) is 6.03. The Morgan fingerprint density at radius 1 is 1.15 bits per heavy atom. The molecule has 1 heterocycles. The first kappa shape index (κ1) is 23.3. The van der Waals surface area contributed by atoms with Gasteiger partial charge in [-0.25, -0.2) is 16.8 Å². The molecule has 1 unspecified atom stereocenters. The van der Waals surface area contributed by atoms with E-state index < -0.39 is 20.0 Å². The van der Waals surface area contributed by atoms with Crippen molar-refractivity contribution in [1.82, 2.24) is 13.9 Å². The Bertz CT molecular complexity index is 795. The fourth-order valence-corrected chi connectivity index (χ4v) is 6.53.